The summed E-state index contributed by atoms with van der Waals surface area (Å²) in [4.78, 5) is 28.2. The Bertz CT molecular complexity index is 1210. The lowest BCUT2D eigenvalue weighted by atomic mass is 9.95. The fourth-order valence-electron chi connectivity index (χ4n) is 4.80. The third kappa shape index (κ3) is 5.90. The molecule has 4 N–H and O–H groups in total. The number of rotatable bonds is 8. The van der Waals surface area contributed by atoms with Gasteiger partial charge in [0, 0.05) is 30.7 Å². The van der Waals surface area contributed by atoms with E-state index in [2.05, 4.69) is 33.0 Å². The van der Waals surface area contributed by atoms with Crippen LogP contribution in [0.25, 0.3) is 0 Å². The average Bonchev–Trinajstić information content (AvgIpc) is 3.36. The molecule has 2 atom stereocenters. The van der Waals surface area contributed by atoms with Gasteiger partial charge in [0.05, 0.1) is 15.4 Å². The summed E-state index contributed by atoms with van der Waals surface area (Å²) in [6.45, 7) is 2.65. The third-order valence-corrected chi connectivity index (χ3v) is 8.02. The summed E-state index contributed by atoms with van der Waals surface area (Å²) < 4.78 is 0.567. The highest BCUT2D eigenvalue weighted by Gasteiger charge is 2.46. The van der Waals surface area contributed by atoms with Crippen molar-refractivity contribution in [1.29, 1.82) is 0 Å². The van der Waals surface area contributed by atoms with Crippen LogP contribution in [0.5, 0.6) is 0 Å². The second kappa shape index (κ2) is 10.6. The summed E-state index contributed by atoms with van der Waals surface area (Å²) in [6, 6.07) is 19.2. The summed E-state index contributed by atoms with van der Waals surface area (Å²) in [5.74, 6) is -0.333. The SMILES string of the molecule is O=C(Nc1ccc(Cl)s1)NC(C(=O)Nc1ccc(C2(CN3CCC(O)C3)CC2)cc1)c1ccccc1. The van der Waals surface area contributed by atoms with Crippen LogP contribution >= 0.6 is 22.9 Å². The lowest BCUT2D eigenvalue weighted by molar-refractivity contribution is -0.118. The standard InChI is InChI=1S/C27H29ClN4O3S/c28-22-10-11-23(36-22)30-26(35)31-24(18-4-2-1-3-5-18)25(34)29-20-8-6-19(7-9-20)27(13-14-27)17-32-15-12-21(33)16-32/h1-11,21,24,33H,12-17H2,(H,29,34)(H2,30,31,35). The molecule has 1 saturated carbocycles. The Hall–Kier alpha value is -2.91. The summed E-state index contributed by atoms with van der Waals surface area (Å²) in [5.41, 5.74) is 2.75. The van der Waals surface area contributed by atoms with Gasteiger partial charge >= 0.3 is 6.03 Å². The van der Waals surface area contributed by atoms with Gasteiger partial charge in [-0.15, -0.1) is 11.3 Å². The molecule has 0 radical (unpaired) electrons. The van der Waals surface area contributed by atoms with Gasteiger partial charge in [0.1, 0.15) is 6.04 Å². The Morgan fingerprint density at radius 3 is 2.42 bits per heavy atom. The van der Waals surface area contributed by atoms with Gasteiger partial charge in [0.2, 0.25) is 0 Å². The number of thiophene rings is 1. The summed E-state index contributed by atoms with van der Waals surface area (Å²) in [7, 11) is 0. The number of urea groups is 1. The number of benzene rings is 2. The second-order valence-electron chi connectivity index (χ2n) is 9.57. The predicted molar refractivity (Wildman–Crippen MR) is 144 cm³/mol. The lowest BCUT2D eigenvalue weighted by Gasteiger charge is -2.24. The van der Waals surface area contributed by atoms with Crippen LogP contribution in [0.15, 0.2) is 66.7 Å². The quantitative estimate of drug-likeness (QED) is 0.333. The first-order valence-electron chi connectivity index (χ1n) is 12.1. The van der Waals surface area contributed by atoms with Gasteiger partial charge < -0.3 is 15.7 Å². The van der Waals surface area contributed by atoms with Crippen LogP contribution in [0.1, 0.15) is 36.4 Å². The van der Waals surface area contributed by atoms with E-state index in [1.807, 2.05) is 42.5 Å². The monoisotopic (exact) mass is 524 g/mol. The molecular weight excluding hydrogens is 496 g/mol. The fraction of sp³-hybridized carbons (Fsp3) is 0.333. The van der Waals surface area contributed by atoms with Crippen molar-refractivity contribution in [2.45, 2.75) is 36.8 Å². The number of anilines is 2. The Balaban J connectivity index is 1.25. The number of carbonyl (C=O) groups is 2. The first kappa shape index (κ1) is 24.8. The Morgan fingerprint density at radius 1 is 1.06 bits per heavy atom. The summed E-state index contributed by atoms with van der Waals surface area (Å²) in [6.07, 6.45) is 2.90. The van der Waals surface area contributed by atoms with E-state index in [0.29, 0.717) is 20.6 Å². The molecule has 2 aromatic carbocycles. The fourth-order valence-corrected chi connectivity index (χ4v) is 5.74. The maximum absolute atomic E-state index is 13.3. The van der Waals surface area contributed by atoms with Gasteiger partial charge in [-0.2, -0.15) is 0 Å². The summed E-state index contributed by atoms with van der Waals surface area (Å²) in [5, 5.41) is 18.9. The minimum Gasteiger partial charge on any atom is -0.392 e. The van der Waals surface area contributed by atoms with Gasteiger partial charge in [-0.3, -0.25) is 15.0 Å². The molecular formula is C27H29ClN4O3S. The largest absolute Gasteiger partial charge is 0.392 e. The van der Waals surface area contributed by atoms with Crippen molar-refractivity contribution in [1.82, 2.24) is 10.2 Å². The molecule has 2 fully saturated rings. The Kier molecular flexibility index (Phi) is 7.29. The first-order chi connectivity index (χ1) is 17.4. The number of halogens is 1. The van der Waals surface area contributed by atoms with Crippen LogP contribution in [0.3, 0.4) is 0 Å². The number of likely N-dealkylation sites (tertiary alicyclic amines) is 1. The number of nitrogens with one attached hydrogen (secondary N) is 3. The van der Waals surface area contributed by atoms with Gasteiger partial charge in [0.25, 0.3) is 5.91 Å². The number of hydrogen-bond donors (Lipinski definition) is 4. The molecule has 1 aliphatic carbocycles. The number of hydrogen-bond acceptors (Lipinski definition) is 5. The number of β-amino-alcohol motifs (C(OH)–C–C–N with tert-alkyl or cyclic N) is 1. The number of amides is 3. The Labute approximate surface area is 219 Å². The van der Waals surface area contributed by atoms with Crippen molar-refractivity contribution in [2.24, 2.45) is 0 Å². The van der Waals surface area contributed by atoms with Gasteiger partial charge in [0.15, 0.2) is 0 Å². The maximum atomic E-state index is 13.3. The molecule has 1 saturated heterocycles. The van der Waals surface area contributed by atoms with Crippen molar-refractivity contribution in [2.75, 3.05) is 30.3 Å². The van der Waals surface area contributed by atoms with E-state index in [-0.39, 0.29) is 17.4 Å². The highest BCUT2D eigenvalue weighted by atomic mass is 35.5. The lowest BCUT2D eigenvalue weighted by Crippen LogP contribution is -2.39. The van der Waals surface area contributed by atoms with Crippen LogP contribution in [-0.4, -0.2) is 47.7 Å². The van der Waals surface area contributed by atoms with Crippen LogP contribution in [0.4, 0.5) is 15.5 Å². The zero-order valence-electron chi connectivity index (χ0n) is 19.7. The third-order valence-electron chi connectivity index (χ3n) is 6.87. The molecule has 5 rings (SSSR count). The minimum atomic E-state index is -0.877. The molecule has 3 aromatic rings. The Morgan fingerprint density at radius 2 is 1.81 bits per heavy atom. The smallest absolute Gasteiger partial charge is 0.320 e. The topological polar surface area (TPSA) is 93.7 Å². The highest BCUT2D eigenvalue weighted by Crippen LogP contribution is 2.49. The molecule has 1 aromatic heterocycles. The van der Waals surface area contributed by atoms with Crippen LogP contribution in [-0.2, 0) is 10.2 Å². The van der Waals surface area contributed by atoms with Gasteiger partial charge in [-0.25, -0.2) is 4.79 Å². The molecule has 2 heterocycles. The molecule has 1 aliphatic heterocycles. The minimum absolute atomic E-state index is 0.142. The van der Waals surface area contributed by atoms with E-state index < -0.39 is 12.1 Å². The normalized spacial score (nSPS) is 19.4. The van der Waals surface area contributed by atoms with Crippen LogP contribution in [0, 0.1) is 0 Å². The van der Waals surface area contributed by atoms with Crippen LogP contribution < -0.4 is 16.0 Å². The van der Waals surface area contributed by atoms with E-state index in [0.717, 1.165) is 38.9 Å². The molecule has 36 heavy (non-hydrogen) atoms. The number of aliphatic hydroxyl groups excluding tert-OH is 1. The second-order valence-corrected chi connectivity index (χ2v) is 11.3. The molecule has 0 spiro atoms. The van der Waals surface area contributed by atoms with Crippen molar-refractivity contribution in [3.63, 3.8) is 0 Å². The first-order valence-corrected chi connectivity index (χ1v) is 13.3. The maximum Gasteiger partial charge on any atom is 0.320 e. The van der Waals surface area contributed by atoms with Crippen molar-refractivity contribution in [3.8, 4) is 0 Å². The van der Waals surface area contributed by atoms with E-state index >= 15 is 0 Å². The van der Waals surface area contributed by atoms with Gasteiger partial charge in [-0.05, 0) is 54.7 Å². The summed E-state index contributed by atoms with van der Waals surface area (Å²) >= 11 is 7.19. The number of aliphatic hydroxyl groups is 1. The molecule has 2 aliphatic rings. The predicted octanol–water partition coefficient (Wildman–Crippen LogP) is 5.00. The van der Waals surface area contributed by atoms with Gasteiger partial charge in [-0.1, -0.05) is 54.1 Å². The highest BCUT2D eigenvalue weighted by molar-refractivity contribution is 7.20. The molecule has 0 bridgehead atoms. The number of carbonyl (C=O) groups excluding carboxylic acids is 2. The van der Waals surface area contributed by atoms with E-state index in [4.69, 9.17) is 11.6 Å². The molecule has 188 valence electrons. The molecule has 2 unspecified atom stereocenters. The molecule has 3 amide bonds. The van der Waals surface area contributed by atoms with E-state index in [1.165, 1.54) is 16.9 Å². The van der Waals surface area contributed by atoms with Crippen molar-refractivity contribution in [3.05, 3.63) is 82.2 Å². The number of nitrogens with zero attached hydrogens (tertiary/aromatic N) is 1. The van der Waals surface area contributed by atoms with E-state index in [9.17, 15) is 14.7 Å². The molecule has 9 heteroatoms. The zero-order chi connectivity index (χ0) is 25.1. The van der Waals surface area contributed by atoms with Crippen LogP contribution in [0.2, 0.25) is 4.34 Å². The van der Waals surface area contributed by atoms with E-state index in [1.54, 1.807) is 12.1 Å². The average molecular weight is 525 g/mol. The zero-order valence-corrected chi connectivity index (χ0v) is 21.3. The van der Waals surface area contributed by atoms with Crippen molar-refractivity contribution >= 4 is 45.6 Å². The van der Waals surface area contributed by atoms with Crippen molar-refractivity contribution < 1.29 is 14.7 Å². The molecule has 7 nitrogen and oxygen atoms in total.